The van der Waals surface area contributed by atoms with Crippen LogP contribution < -0.4 is 5.32 Å². The number of halogens is 1. The lowest BCUT2D eigenvalue weighted by molar-refractivity contribution is -0.134. The Morgan fingerprint density at radius 1 is 1.07 bits per heavy atom. The summed E-state index contributed by atoms with van der Waals surface area (Å²) < 4.78 is 13.0. The summed E-state index contributed by atoms with van der Waals surface area (Å²) in [6.07, 6.45) is 4.38. The van der Waals surface area contributed by atoms with Gasteiger partial charge in [-0.2, -0.15) is 0 Å². The lowest BCUT2D eigenvalue weighted by atomic mass is 9.81. The van der Waals surface area contributed by atoms with Gasteiger partial charge in [0.05, 0.1) is 5.92 Å². The molecule has 1 aliphatic heterocycles. The Morgan fingerprint density at radius 2 is 1.81 bits per heavy atom. The van der Waals surface area contributed by atoms with Gasteiger partial charge >= 0.3 is 0 Å². The Bertz CT molecular complexity index is 814. The van der Waals surface area contributed by atoms with Crippen molar-refractivity contribution in [3.05, 3.63) is 59.4 Å². The van der Waals surface area contributed by atoms with E-state index < -0.39 is 0 Å². The van der Waals surface area contributed by atoms with Crippen LogP contribution in [0.4, 0.5) is 10.1 Å². The number of amides is 1. The van der Waals surface area contributed by atoms with E-state index in [4.69, 9.17) is 0 Å². The number of likely N-dealkylation sites (tertiary alicyclic amines) is 1. The average molecular weight is 368 g/mol. The van der Waals surface area contributed by atoms with Crippen molar-refractivity contribution in [2.24, 2.45) is 0 Å². The summed E-state index contributed by atoms with van der Waals surface area (Å²) in [7, 11) is 0. The number of anilines is 1. The number of carbonyl (C=O) groups excluding carboxylic acids is 1. The van der Waals surface area contributed by atoms with Crippen LogP contribution in [0.5, 0.6) is 5.75 Å². The van der Waals surface area contributed by atoms with Crippen LogP contribution in [0, 0.1) is 5.82 Å². The van der Waals surface area contributed by atoms with Crippen LogP contribution in [0.1, 0.15) is 42.7 Å². The first-order valence-corrected chi connectivity index (χ1v) is 9.73. The Morgan fingerprint density at radius 3 is 2.56 bits per heavy atom. The Kier molecular flexibility index (Phi) is 5.01. The SMILES string of the molecule is O=C(C1CCCc2c(O)cccc21)N1CCC(Nc2ccc(F)cc2)CC1. The standard InChI is InChI=1S/C22H25FN2O2/c23-15-7-9-16(10-8-15)24-17-11-13-25(14-12-17)22(27)20-5-1-4-19-18(20)3-2-6-21(19)26/h2-3,6-10,17,20,24,26H,1,4-5,11-14H2. The van der Waals surface area contributed by atoms with Gasteiger partial charge in [-0.25, -0.2) is 4.39 Å². The average Bonchev–Trinajstić information content (AvgIpc) is 2.70. The quantitative estimate of drug-likeness (QED) is 0.859. The minimum Gasteiger partial charge on any atom is -0.508 e. The molecule has 5 heteroatoms. The zero-order valence-electron chi connectivity index (χ0n) is 15.3. The van der Waals surface area contributed by atoms with Gasteiger partial charge in [-0.15, -0.1) is 0 Å². The summed E-state index contributed by atoms with van der Waals surface area (Å²) in [5.41, 5.74) is 2.85. The van der Waals surface area contributed by atoms with Gasteiger partial charge in [0.1, 0.15) is 11.6 Å². The van der Waals surface area contributed by atoms with E-state index in [2.05, 4.69) is 5.32 Å². The maximum Gasteiger partial charge on any atom is 0.230 e. The van der Waals surface area contributed by atoms with E-state index in [9.17, 15) is 14.3 Å². The second-order valence-electron chi connectivity index (χ2n) is 7.54. The van der Waals surface area contributed by atoms with E-state index in [1.54, 1.807) is 18.2 Å². The third-order valence-electron chi connectivity index (χ3n) is 5.80. The molecule has 1 amide bonds. The Balaban J connectivity index is 1.38. The minimum absolute atomic E-state index is 0.137. The van der Waals surface area contributed by atoms with E-state index in [0.717, 1.165) is 62.0 Å². The number of aromatic hydroxyl groups is 1. The monoisotopic (exact) mass is 368 g/mol. The molecule has 0 radical (unpaired) electrons. The van der Waals surface area contributed by atoms with E-state index in [-0.39, 0.29) is 17.6 Å². The van der Waals surface area contributed by atoms with Gasteiger partial charge in [-0.05, 0) is 73.6 Å². The summed E-state index contributed by atoms with van der Waals surface area (Å²) in [5, 5.41) is 13.5. The van der Waals surface area contributed by atoms with Crippen LogP contribution in [-0.4, -0.2) is 35.0 Å². The number of phenolic OH excluding ortho intramolecular Hbond substituents is 1. The zero-order valence-corrected chi connectivity index (χ0v) is 15.3. The number of nitrogens with one attached hydrogen (secondary N) is 1. The van der Waals surface area contributed by atoms with Gasteiger partial charge in [-0.1, -0.05) is 12.1 Å². The molecule has 1 fully saturated rings. The topological polar surface area (TPSA) is 52.6 Å². The number of hydrogen-bond acceptors (Lipinski definition) is 3. The maximum atomic E-state index is 13.1. The van der Waals surface area contributed by atoms with Crippen LogP contribution in [0.3, 0.4) is 0 Å². The largest absolute Gasteiger partial charge is 0.508 e. The van der Waals surface area contributed by atoms with Crippen molar-refractivity contribution in [3.8, 4) is 5.75 Å². The van der Waals surface area contributed by atoms with Gasteiger partial charge in [0.2, 0.25) is 5.91 Å². The molecule has 2 aromatic carbocycles. The molecule has 2 aromatic rings. The highest BCUT2D eigenvalue weighted by atomic mass is 19.1. The summed E-state index contributed by atoms with van der Waals surface area (Å²) in [5.74, 6) is 0.121. The summed E-state index contributed by atoms with van der Waals surface area (Å²) >= 11 is 0. The third kappa shape index (κ3) is 3.77. The number of nitrogens with zero attached hydrogens (tertiary/aromatic N) is 1. The molecule has 0 aromatic heterocycles. The second-order valence-corrected chi connectivity index (χ2v) is 7.54. The van der Waals surface area contributed by atoms with Crippen molar-refractivity contribution in [1.29, 1.82) is 0 Å². The second kappa shape index (κ2) is 7.59. The molecule has 142 valence electrons. The third-order valence-corrected chi connectivity index (χ3v) is 5.80. The number of benzene rings is 2. The number of phenols is 1. The van der Waals surface area contributed by atoms with Crippen LogP contribution in [0.15, 0.2) is 42.5 Å². The number of fused-ring (bicyclic) bond motifs is 1. The first kappa shape index (κ1) is 17.8. The van der Waals surface area contributed by atoms with Gasteiger partial charge in [-0.3, -0.25) is 4.79 Å². The molecule has 1 unspecified atom stereocenters. The van der Waals surface area contributed by atoms with Crippen LogP contribution in [-0.2, 0) is 11.2 Å². The van der Waals surface area contributed by atoms with Crippen LogP contribution in [0.25, 0.3) is 0 Å². The summed E-state index contributed by atoms with van der Waals surface area (Å²) in [6.45, 7) is 1.45. The Labute approximate surface area is 159 Å². The molecular formula is C22H25FN2O2. The van der Waals surface area contributed by atoms with Crippen LogP contribution >= 0.6 is 0 Å². The van der Waals surface area contributed by atoms with Gasteiger partial charge in [0.25, 0.3) is 0 Å². The smallest absolute Gasteiger partial charge is 0.230 e. The molecule has 0 spiro atoms. The van der Waals surface area contributed by atoms with Gasteiger partial charge < -0.3 is 15.3 Å². The highest BCUT2D eigenvalue weighted by Gasteiger charge is 2.32. The molecular weight excluding hydrogens is 343 g/mol. The molecule has 2 aliphatic rings. The molecule has 4 nitrogen and oxygen atoms in total. The molecule has 1 heterocycles. The lowest BCUT2D eigenvalue weighted by Crippen LogP contribution is -2.44. The Hall–Kier alpha value is -2.56. The molecule has 2 N–H and O–H groups in total. The molecule has 0 bridgehead atoms. The number of rotatable bonds is 3. The fourth-order valence-electron chi connectivity index (χ4n) is 4.33. The molecule has 4 rings (SSSR count). The fourth-order valence-corrected chi connectivity index (χ4v) is 4.33. The zero-order chi connectivity index (χ0) is 18.8. The van der Waals surface area contributed by atoms with Crippen LogP contribution in [0.2, 0.25) is 0 Å². The van der Waals surface area contributed by atoms with E-state index in [1.807, 2.05) is 17.0 Å². The van der Waals surface area contributed by atoms with E-state index in [1.165, 1.54) is 12.1 Å². The highest BCUT2D eigenvalue weighted by molar-refractivity contribution is 5.85. The van der Waals surface area contributed by atoms with E-state index >= 15 is 0 Å². The number of carbonyl (C=O) groups is 1. The minimum atomic E-state index is -0.236. The van der Waals surface area contributed by atoms with Crippen molar-refractivity contribution >= 4 is 11.6 Å². The first-order valence-electron chi connectivity index (χ1n) is 9.73. The normalized spacial score (nSPS) is 20.2. The molecule has 1 saturated heterocycles. The van der Waals surface area contributed by atoms with Crippen molar-refractivity contribution in [3.63, 3.8) is 0 Å². The van der Waals surface area contributed by atoms with Crippen molar-refractivity contribution < 1.29 is 14.3 Å². The molecule has 1 atom stereocenters. The van der Waals surface area contributed by atoms with Crippen molar-refractivity contribution in [2.45, 2.75) is 44.1 Å². The molecule has 27 heavy (non-hydrogen) atoms. The predicted molar refractivity (Wildman–Crippen MR) is 103 cm³/mol. The maximum absolute atomic E-state index is 13.1. The summed E-state index contributed by atoms with van der Waals surface area (Å²) in [4.78, 5) is 15.1. The van der Waals surface area contributed by atoms with Crippen molar-refractivity contribution in [1.82, 2.24) is 4.90 Å². The summed E-state index contributed by atoms with van der Waals surface area (Å²) in [6, 6.07) is 12.2. The van der Waals surface area contributed by atoms with Gasteiger partial charge in [0, 0.05) is 24.8 Å². The molecule has 1 aliphatic carbocycles. The fraction of sp³-hybridized carbons (Fsp3) is 0.409. The molecule has 0 saturated carbocycles. The van der Waals surface area contributed by atoms with Gasteiger partial charge in [0.15, 0.2) is 0 Å². The number of hydrogen-bond donors (Lipinski definition) is 2. The highest BCUT2D eigenvalue weighted by Crippen LogP contribution is 2.37. The first-order chi connectivity index (χ1) is 13.1. The lowest BCUT2D eigenvalue weighted by Gasteiger charge is -2.36. The number of piperidine rings is 1. The predicted octanol–water partition coefficient (Wildman–Crippen LogP) is 4.05. The van der Waals surface area contributed by atoms with Crippen molar-refractivity contribution in [2.75, 3.05) is 18.4 Å². The van der Waals surface area contributed by atoms with E-state index in [0.29, 0.717) is 11.8 Å².